The monoisotopic (exact) mass is 301 g/mol. The summed E-state index contributed by atoms with van der Waals surface area (Å²) in [6.07, 6.45) is 1.12. The van der Waals surface area contributed by atoms with Crippen molar-refractivity contribution in [2.75, 3.05) is 26.6 Å². The van der Waals surface area contributed by atoms with Gasteiger partial charge in [0.15, 0.2) is 16.4 Å². The summed E-state index contributed by atoms with van der Waals surface area (Å²) < 4.78 is 32.9. The third-order valence-corrected chi connectivity index (χ3v) is 3.54. The molecule has 0 aliphatic heterocycles. The number of hydrogen-bond donors (Lipinski definition) is 1. The molecule has 0 fully saturated rings. The minimum absolute atomic E-state index is 0.113. The second-order valence-corrected chi connectivity index (χ2v) is 6.48. The molecular weight excluding hydrogens is 282 g/mol. The summed E-state index contributed by atoms with van der Waals surface area (Å²) in [4.78, 5) is 11.7. The molecule has 7 heteroatoms. The molecular formula is C13H19NO5S. The first-order chi connectivity index (χ1) is 9.32. The van der Waals surface area contributed by atoms with Crippen molar-refractivity contribution in [3.63, 3.8) is 0 Å². The number of ether oxygens (including phenoxy) is 2. The Bertz CT molecular complexity index is 556. The topological polar surface area (TPSA) is 81.7 Å². The molecule has 0 heterocycles. The number of benzene rings is 1. The van der Waals surface area contributed by atoms with E-state index in [1.807, 2.05) is 6.92 Å². The molecule has 0 aliphatic rings. The average molecular weight is 301 g/mol. The zero-order valence-electron chi connectivity index (χ0n) is 11.8. The Morgan fingerprint density at radius 3 is 2.70 bits per heavy atom. The first-order valence-corrected chi connectivity index (χ1v) is 7.93. The van der Waals surface area contributed by atoms with Crippen molar-refractivity contribution >= 4 is 15.7 Å². The van der Waals surface area contributed by atoms with Crippen molar-refractivity contribution < 1.29 is 22.7 Å². The molecule has 1 amide bonds. The number of nitrogens with one attached hydrogen (secondary N) is 1. The van der Waals surface area contributed by atoms with Gasteiger partial charge in [-0.3, -0.25) is 4.79 Å². The quantitative estimate of drug-likeness (QED) is 0.798. The van der Waals surface area contributed by atoms with E-state index in [9.17, 15) is 13.2 Å². The Labute approximate surface area is 119 Å². The fourth-order valence-corrected chi connectivity index (χ4v) is 2.21. The number of hydrogen-bond acceptors (Lipinski definition) is 5. The van der Waals surface area contributed by atoms with Crippen molar-refractivity contribution in [1.29, 1.82) is 0 Å². The smallest absolute Gasteiger partial charge is 0.258 e. The first kappa shape index (κ1) is 16.5. The molecule has 0 saturated heterocycles. The van der Waals surface area contributed by atoms with Gasteiger partial charge in [-0.2, -0.15) is 0 Å². The molecule has 1 rings (SSSR count). The van der Waals surface area contributed by atoms with E-state index >= 15 is 0 Å². The number of methoxy groups -OCH3 is 1. The van der Waals surface area contributed by atoms with Crippen LogP contribution in [0, 0.1) is 0 Å². The minimum Gasteiger partial charge on any atom is -0.484 e. The van der Waals surface area contributed by atoms with Gasteiger partial charge in [-0.25, -0.2) is 8.42 Å². The van der Waals surface area contributed by atoms with Crippen LogP contribution in [-0.2, 0) is 19.4 Å². The SMILES string of the molecule is COC[C@@H](C)NC(=O)COc1cccc(S(C)(=O)=O)c1. The summed E-state index contributed by atoms with van der Waals surface area (Å²) in [7, 11) is -1.74. The molecule has 0 saturated carbocycles. The molecule has 1 aromatic carbocycles. The average Bonchev–Trinajstić information content (AvgIpc) is 2.36. The van der Waals surface area contributed by atoms with Crippen LogP contribution < -0.4 is 10.1 Å². The third kappa shape index (κ3) is 5.58. The first-order valence-electron chi connectivity index (χ1n) is 6.04. The van der Waals surface area contributed by atoms with Gasteiger partial charge >= 0.3 is 0 Å². The van der Waals surface area contributed by atoms with Crippen molar-refractivity contribution in [3.05, 3.63) is 24.3 Å². The van der Waals surface area contributed by atoms with E-state index in [2.05, 4.69) is 5.32 Å². The van der Waals surface area contributed by atoms with Crippen LogP contribution in [-0.4, -0.2) is 46.9 Å². The Kier molecular flexibility index (Phi) is 5.97. The fraction of sp³-hybridized carbons (Fsp3) is 0.462. The van der Waals surface area contributed by atoms with Gasteiger partial charge in [-0.1, -0.05) is 6.07 Å². The summed E-state index contributed by atoms with van der Waals surface area (Å²) in [6.45, 7) is 2.04. The summed E-state index contributed by atoms with van der Waals surface area (Å²) in [6, 6.07) is 5.92. The van der Waals surface area contributed by atoms with E-state index in [-0.39, 0.29) is 23.5 Å². The van der Waals surface area contributed by atoms with Crippen LogP contribution in [0.25, 0.3) is 0 Å². The summed E-state index contributed by atoms with van der Waals surface area (Å²) >= 11 is 0. The second-order valence-electron chi connectivity index (χ2n) is 4.46. The Morgan fingerprint density at radius 2 is 2.10 bits per heavy atom. The predicted octanol–water partition coefficient (Wildman–Crippen LogP) is 0.620. The molecule has 0 spiro atoms. The van der Waals surface area contributed by atoms with Crippen LogP contribution in [0.2, 0.25) is 0 Å². The van der Waals surface area contributed by atoms with Crippen LogP contribution in [0.3, 0.4) is 0 Å². The standard InChI is InChI=1S/C13H19NO5S/c1-10(8-18-2)14-13(15)9-19-11-5-4-6-12(7-11)20(3,16)17/h4-7,10H,8-9H2,1-3H3,(H,14,15)/t10-/m1/s1. The van der Waals surface area contributed by atoms with Crippen LogP contribution in [0.1, 0.15) is 6.92 Å². The van der Waals surface area contributed by atoms with Gasteiger partial charge in [0, 0.05) is 19.4 Å². The molecule has 0 radical (unpaired) electrons. The van der Waals surface area contributed by atoms with Crippen LogP contribution in [0.4, 0.5) is 0 Å². The summed E-state index contributed by atoms with van der Waals surface area (Å²) in [5, 5.41) is 2.69. The van der Waals surface area contributed by atoms with Crippen LogP contribution in [0.15, 0.2) is 29.2 Å². The van der Waals surface area contributed by atoms with Crippen molar-refractivity contribution in [1.82, 2.24) is 5.32 Å². The van der Waals surface area contributed by atoms with Crippen LogP contribution in [0.5, 0.6) is 5.75 Å². The minimum atomic E-state index is -3.29. The predicted molar refractivity (Wildman–Crippen MR) is 74.5 cm³/mol. The summed E-state index contributed by atoms with van der Waals surface area (Å²) in [5.41, 5.74) is 0. The molecule has 0 aromatic heterocycles. The zero-order valence-corrected chi connectivity index (χ0v) is 12.6. The van der Waals surface area contributed by atoms with E-state index < -0.39 is 9.84 Å². The van der Waals surface area contributed by atoms with Gasteiger partial charge in [0.1, 0.15) is 5.75 Å². The highest BCUT2D eigenvalue weighted by atomic mass is 32.2. The maximum Gasteiger partial charge on any atom is 0.258 e. The molecule has 0 bridgehead atoms. The van der Waals surface area contributed by atoms with Crippen molar-refractivity contribution in [2.45, 2.75) is 17.9 Å². The molecule has 1 atom stereocenters. The number of sulfone groups is 1. The highest BCUT2D eigenvalue weighted by Gasteiger charge is 2.10. The number of amides is 1. The highest BCUT2D eigenvalue weighted by Crippen LogP contribution is 2.17. The van der Waals surface area contributed by atoms with Gasteiger partial charge in [0.2, 0.25) is 0 Å². The number of carbonyl (C=O) groups excluding carboxylic acids is 1. The molecule has 20 heavy (non-hydrogen) atoms. The molecule has 1 aromatic rings. The van der Waals surface area contributed by atoms with E-state index in [1.165, 1.54) is 12.1 Å². The normalized spacial score (nSPS) is 12.8. The Hall–Kier alpha value is -1.60. The van der Waals surface area contributed by atoms with Crippen molar-refractivity contribution in [2.24, 2.45) is 0 Å². The third-order valence-electron chi connectivity index (χ3n) is 2.43. The fourth-order valence-electron chi connectivity index (χ4n) is 1.55. The van der Waals surface area contributed by atoms with E-state index in [0.29, 0.717) is 12.4 Å². The van der Waals surface area contributed by atoms with E-state index in [4.69, 9.17) is 9.47 Å². The molecule has 1 N–H and O–H groups in total. The second kappa shape index (κ2) is 7.25. The lowest BCUT2D eigenvalue weighted by molar-refractivity contribution is -0.124. The molecule has 0 aliphatic carbocycles. The van der Waals surface area contributed by atoms with E-state index in [1.54, 1.807) is 19.2 Å². The van der Waals surface area contributed by atoms with Gasteiger partial charge in [0.25, 0.3) is 5.91 Å². The van der Waals surface area contributed by atoms with Gasteiger partial charge in [0.05, 0.1) is 11.5 Å². The van der Waals surface area contributed by atoms with Gasteiger partial charge in [-0.15, -0.1) is 0 Å². The summed E-state index contributed by atoms with van der Waals surface area (Å²) in [5.74, 6) is 0.0433. The lowest BCUT2D eigenvalue weighted by Crippen LogP contribution is -2.38. The lowest BCUT2D eigenvalue weighted by atomic mass is 10.3. The number of rotatable bonds is 7. The maximum absolute atomic E-state index is 11.6. The highest BCUT2D eigenvalue weighted by molar-refractivity contribution is 7.90. The molecule has 6 nitrogen and oxygen atoms in total. The Morgan fingerprint density at radius 1 is 1.40 bits per heavy atom. The van der Waals surface area contributed by atoms with Gasteiger partial charge in [-0.05, 0) is 25.1 Å². The van der Waals surface area contributed by atoms with E-state index in [0.717, 1.165) is 6.26 Å². The van der Waals surface area contributed by atoms with Gasteiger partial charge < -0.3 is 14.8 Å². The molecule has 112 valence electrons. The maximum atomic E-state index is 11.6. The van der Waals surface area contributed by atoms with Crippen molar-refractivity contribution in [3.8, 4) is 5.75 Å². The number of carbonyl (C=O) groups is 1. The molecule has 0 unspecified atom stereocenters. The lowest BCUT2D eigenvalue weighted by Gasteiger charge is -2.13. The Balaban J connectivity index is 2.56. The zero-order chi connectivity index (χ0) is 15.2. The van der Waals surface area contributed by atoms with Crippen LogP contribution >= 0.6 is 0 Å². The largest absolute Gasteiger partial charge is 0.484 e.